The van der Waals surface area contributed by atoms with Gasteiger partial charge in [-0.25, -0.2) is 0 Å². The summed E-state index contributed by atoms with van der Waals surface area (Å²) < 4.78 is 0. The standard InChI is InChI=1S/C16H24N2O2/c1-11(2)8-13(19)10-18-16(20)15-5-3-4-12-9-17-7-6-14(12)15/h3-5,11,13,17,19H,6-10H2,1-2H3,(H,18,20). The topological polar surface area (TPSA) is 61.4 Å². The molecule has 0 radical (unpaired) electrons. The number of amides is 1. The lowest BCUT2D eigenvalue weighted by Gasteiger charge is -2.20. The van der Waals surface area contributed by atoms with Crippen LogP contribution in [0, 0.1) is 5.92 Å². The van der Waals surface area contributed by atoms with Gasteiger partial charge in [-0.1, -0.05) is 26.0 Å². The highest BCUT2D eigenvalue weighted by atomic mass is 16.3. The van der Waals surface area contributed by atoms with Crippen LogP contribution in [-0.2, 0) is 13.0 Å². The van der Waals surface area contributed by atoms with Gasteiger partial charge in [0.15, 0.2) is 0 Å². The van der Waals surface area contributed by atoms with Crippen molar-refractivity contribution in [2.24, 2.45) is 5.92 Å². The van der Waals surface area contributed by atoms with Crippen molar-refractivity contribution in [3.63, 3.8) is 0 Å². The predicted octanol–water partition coefficient (Wildman–Crippen LogP) is 1.47. The fourth-order valence-electron chi connectivity index (χ4n) is 2.68. The maximum absolute atomic E-state index is 12.3. The summed E-state index contributed by atoms with van der Waals surface area (Å²) in [5, 5.41) is 16.0. The molecule has 110 valence electrons. The summed E-state index contributed by atoms with van der Waals surface area (Å²) in [6.07, 6.45) is 1.12. The number of rotatable bonds is 5. The molecule has 1 heterocycles. The third kappa shape index (κ3) is 3.81. The minimum atomic E-state index is -0.472. The van der Waals surface area contributed by atoms with Gasteiger partial charge in [0.2, 0.25) is 0 Å². The normalized spacial score (nSPS) is 15.8. The van der Waals surface area contributed by atoms with Gasteiger partial charge in [-0.05, 0) is 42.5 Å². The van der Waals surface area contributed by atoms with Gasteiger partial charge in [-0.2, -0.15) is 0 Å². The summed E-state index contributed by atoms with van der Waals surface area (Å²) in [4.78, 5) is 12.3. The number of benzene rings is 1. The fourth-order valence-corrected chi connectivity index (χ4v) is 2.68. The molecule has 0 aromatic heterocycles. The highest BCUT2D eigenvalue weighted by Crippen LogP contribution is 2.18. The monoisotopic (exact) mass is 276 g/mol. The molecule has 3 N–H and O–H groups in total. The Labute approximate surface area is 120 Å². The van der Waals surface area contributed by atoms with E-state index >= 15 is 0 Å². The zero-order valence-electron chi connectivity index (χ0n) is 12.3. The van der Waals surface area contributed by atoms with Crippen LogP contribution in [0.5, 0.6) is 0 Å². The van der Waals surface area contributed by atoms with Crippen LogP contribution in [0.2, 0.25) is 0 Å². The van der Waals surface area contributed by atoms with Crippen molar-refractivity contribution in [3.05, 3.63) is 34.9 Å². The van der Waals surface area contributed by atoms with E-state index in [2.05, 4.69) is 30.5 Å². The van der Waals surface area contributed by atoms with Crippen molar-refractivity contribution in [2.45, 2.75) is 39.3 Å². The minimum Gasteiger partial charge on any atom is -0.391 e. The zero-order valence-corrected chi connectivity index (χ0v) is 12.3. The summed E-state index contributed by atoms with van der Waals surface area (Å²) in [6, 6.07) is 5.85. The Hall–Kier alpha value is -1.39. The Morgan fingerprint density at radius 3 is 3.00 bits per heavy atom. The first-order chi connectivity index (χ1) is 9.58. The first-order valence-electron chi connectivity index (χ1n) is 7.35. The van der Waals surface area contributed by atoms with Crippen LogP contribution in [-0.4, -0.2) is 30.2 Å². The maximum Gasteiger partial charge on any atom is 0.251 e. The molecule has 1 aliphatic rings. The highest BCUT2D eigenvalue weighted by Gasteiger charge is 2.17. The van der Waals surface area contributed by atoms with Crippen LogP contribution < -0.4 is 10.6 Å². The second kappa shape index (κ2) is 6.86. The molecule has 1 atom stereocenters. The molecule has 1 unspecified atom stereocenters. The largest absolute Gasteiger partial charge is 0.391 e. The van der Waals surface area contributed by atoms with Gasteiger partial charge < -0.3 is 15.7 Å². The smallest absolute Gasteiger partial charge is 0.251 e. The average Bonchev–Trinajstić information content (AvgIpc) is 2.43. The molecule has 0 spiro atoms. The van der Waals surface area contributed by atoms with Crippen LogP contribution in [0.25, 0.3) is 0 Å². The molecule has 0 aliphatic carbocycles. The molecule has 4 heteroatoms. The Kier molecular flexibility index (Phi) is 5.15. The number of carbonyl (C=O) groups excluding carboxylic acids is 1. The number of aliphatic hydroxyl groups is 1. The fraction of sp³-hybridized carbons (Fsp3) is 0.562. The number of carbonyl (C=O) groups is 1. The number of hydrogen-bond acceptors (Lipinski definition) is 3. The molecular formula is C16H24N2O2. The van der Waals surface area contributed by atoms with E-state index in [4.69, 9.17) is 0 Å². The Morgan fingerprint density at radius 1 is 1.45 bits per heavy atom. The summed E-state index contributed by atoms with van der Waals surface area (Å²) in [7, 11) is 0. The summed E-state index contributed by atoms with van der Waals surface area (Å²) in [5.41, 5.74) is 3.09. The van der Waals surface area contributed by atoms with Crippen LogP contribution in [0.1, 0.15) is 41.8 Å². The zero-order chi connectivity index (χ0) is 14.5. The van der Waals surface area contributed by atoms with Gasteiger partial charge >= 0.3 is 0 Å². The summed E-state index contributed by atoms with van der Waals surface area (Å²) in [5.74, 6) is 0.351. The van der Waals surface area contributed by atoms with Crippen molar-refractivity contribution >= 4 is 5.91 Å². The van der Waals surface area contributed by atoms with Crippen molar-refractivity contribution in [1.29, 1.82) is 0 Å². The molecule has 1 aromatic carbocycles. The van der Waals surface area contributed by atoms with Crippen molar-refractivity contribution in [1.82, 2.24) is 10.6 Å². The van der Waals surface area contributed by atoms with E-state index in [9.17, 15) is 9.90 Å². The Balaban J connectivity index is 1.99. The van der Waals surface area contributed by atoms with Gasteiger partial charge in [-0.3, -0.25) is 4.79 Å². The van der Waals surface area contributed by atoms with E-state index in [1.165, 1.54) is 5.56 Å². The van der Waals surface area contributed by atoms with Crippen molar-refractivity contribution < 1.29 is 9.90 Å². The van der Waals surface area contributed by atoms with E-state index in [0.29, 0.717) is 18.9 Å². The Morgan fingerprint density at radius 2 is 2.25 bits per heavy atom. The summed E-state index contributed by atoms with van der Waals surface area (Å²) >= 11 is 0. The molecule has 1 aliphatic heterocycles. The van der Waals surface area contributed by atoms with Crippen LogP contribution in [0.3, 0.4) is 0 Å². The Bertz CT molecular complexity index is 472. The highest BCUT2D eigenvalue weighted by molar-refractivity contribution is 5.96. The van der Waals surface area contributed by atoms with E-state index in [1.807, 2.05) is 12.1 Å². The van der Waals surface area contributed by atoms with Crippen LogP contribution >= 0.6 is 0 Å². The first kappa shape index (κ1) is 15.0. The molecule has 0 saturated carbocycles. The lowest BCUT2D eigenvalue weighted by atomic mass is 9.95. The molecule has 0 fully saturated rings. The number of hydrogen-bond donors (Lipinski definition) is 3. The predicted molar refractivity (Wildman–Crippen MR) is 79.6 cm³/mol. The number of fused-ring (bicyclic) bond motifs is 1. The molecule has 4 nitrogen and oxygen atoms in total. The second-order valence-corrected chi connectivity index (χ2v) is 5.86. The van der Waals surface area contributed by atoms with E-state index in [1.54, 1.807) is 0 Å². The maximum atomic E-state index is 12.3. The number of nitrogens with one attached hydrogen (secondary N) is 2. The molecule has 20 heavy (non-hydrogen) atoms. The molecule has 0 bridgehead atoms. The average molecular weight is 276 g/mol. The van der Waals surface area contributed by atoms with Gasteiger partial charge in [0.1, 0.15) is 0 Å². The third-order valence-corrected chi connectivity index (χ3v) is 3.63. The first-order valence-corrected chi connectivity index (χ1v) is 7.35. The lowest BCUT2D eigenvalue weighted by molar-refractivity contribution is 0.0899. The van der Waals surface area contributed by atoms with Crippen LogP contribution in [0.4, 0.5) is 0 Å². The van der Waals surface area contributed by atoms with Crippen molar-refractivity contribution in [3.8, 4) is 0 Å². The molecule has 1 amide bonds. The molecular weight excluding hydrogens is 252 g/mol. The summed E-state index contributed by atoms with van der Waals surface area (Å²) in [6.45, 7) is 6.18. The molecule has 2 rings (SSSR count). The van der Waals surface area contributed by atoms with Gasteiger partial charge in [0.05, 0.1) is 6.10 Å². The van der Waals surface area contributed by atoms with Crippen LogP contribution in [0.15, 0.2) is 18.2 Å². The van der Waals surface area contributed by atoms with Gasteiger partial charge in [0.25, 0.3) is 5.91 Å². The van der Waals surface area contributed by atoms with E-state index in [0.717, 1.165) is 30.6 Å². The van der Waals surface area contributed by atoms with Gasteiger partial charge in [0, 0.05) is 18.7 Å². The third-order valence-electron chi connectivity index (χ3n) is 3.63. The van der Waals surface area contributed by atoms with E-state index < -0.39 is 6.10 Å². The lowest BCUT2D eigenvalue weighted by Crippen LogP contribution is -2.34. The minimum absolute atomic E-state index is 0.0773. The number of aliphatic hydroxyl groups excluding tert-OH is 1. The van der Waals surface area contributed by atoms with E-state index in [-0.39, 0.29) is 5.91 Å². The SMILES string of the molecule is CC(C)CC(O)CNC(=O)c1cccc2c1CCNC2. The molecule has 1 aromatic rings. The quantitative estimate of drug-likeness (QED) is 0.763. The van der Waals surface area contributed by atoms with Crippen molar-refractivity contribution in [2.75, 3.05) is 13.1 Å². The second-order valence-electron chi connectivity index (χ2n) is 5.86. The molecule has 0 saturated heterocycles. The van der Waals surface area contributed by atoms with Gasteiger partial charge in [-0.15, -0.1) is 0 Å².